The molecule has 4 aliphatic rings. The van der Waals surface area contributed by atoms with Crippen LogP contribution in [0.3, 0.4) is 0 Å². The summed E-state index contributed by atoms with van der Waals surface area (Å²) in [6.07, 6.45) is 2.95. The molecule has 0 aromatic heterocycles. The van der Waals surface area contributed by atoms with Crippen LogP contribution in [0, 0.1) is 24.6 Å². The lowest BCUT2D eigenvalue weighted by atomic mass is 9.84. The van der Waals surface area contributed by atoms with Crippen LogP contribution in [0.25, 0.3) is 0 Å². The van der Waals surface area contributed by atoms with Crippen molar-refractivity contribution in [2.24, 2.45) is 22.0 Å². The van der Waals surface area contributed by atoms with Crippen LogP contribution < -0.4 is 15.5 Å². The molecule has 3 aliphatic heterocycles. The third kappa shape index (κ3) is 6.35. The first-order chi connectivity index (χ1) is 22.2. The minimum atomic E-state index is -1.47. The van der Waals surface area contributed by atoms with Crippen LogP contribution in [0.2, 0.25) is 0 Å². The molecule has 4 amide bonds. The van der Waals surface area contributed by atoms with Crippen LogP contribution in [0.1, 0.15) is 54.9 Å². The number of urea groups is 1. The summed E-state index contributed by atoms with van der Waals surface area (Å²) in [6.45, 7) is 4.54. The highest BCUT2D eigenvalue weighted by Crippen LogP contribution is 2.35. The Kier molecular flexibility index (Phi) is 8.83. The normalized spacial score (nSPS) is 21.2. The second-order valence-corrected chi connectivity index (χ2v) is 12.3. The smallest absolute Gasteiger partial charge is 0.321 e. The number of benzene rings is 3. The van der Waals surface area contributed by atoms with E-state index in [1.807, 2.05) is 17.9 Å². The molecule has 0 unspecified atom stereocenters. The van der Waals surface area contributed by atoms with Crippen LogP contribution in [-0.4, -0.2) is 65.2 Å². The van der Waals surface area contributed by atoms with Gasteiger partial charge in [-0.3, -0.25) is 14.5 Å². The van der Waals surface area contributed by atoms with Crippen molar-refractivity contribution >= 4 is 40.6 Å². The van der Waals surface area contributed by atoms with Crippen molar-refractivity contribution in [3.05, 3.63) is 94.8 Å². The summed E-state index contributed by atoms with van der Waals surface area (Å²) in [5, 5.41) is 17.7. The first-order valence-electron chi connectivity index (χ1n) is 15.6. The van der Waals surface area contributed by atoms with Crippen LogP contribution in [0.4, 0.5) is 20.6 Å². The molecule has 10 nitrogen and oxygen atoms in total. The standard InChI is InChI=1S/C35H37FN6O4/c1-21-7-5-11-28-31(27-10-3-4-12-29(27)36)38-33(39-35(45)37-26-9-6-8-25(17-26)22(2)40-46)34(44)42(32(21)28)20-30(43)41-18-23-13-14-24(19-41)16-15-23/h3-12,17,23-24,33,46H,13-16,18-20H2,1-2H3,(H2,37,39,45)/t23?,24?,33-/m0/s1. The number of oxime groups is 1. The average molecular weight is 625 g/mol. The highest BCUT2D eigenvalue weighted by atomic mass is 19.1. The molecular formula is C35H37FN6O4. The number of benzodiazepines with no additional fused rings is 1. The number of anilines is 2. The molecule has 3 heterocycles. The summed E-state index contributed by atoms with van der Waals surface area (Å²) >= 11 is 0. The van der Waals surface area contributed by atoms with Crippen molar-refractivity contribution in [3.63, 3.8) is 0 Å². The van der Waals surface area contributed by atoms with Crippen molar-refractivity contribution in [3.8, 4) is 0 Å². The third-order valence-corrected chi connectivity index (χ3v) is 9.18. The van der Waals surface area contributed by atoms with Crippen molar-refractivity contribution in [1.82, 2.24) is 10.2 Å². The number of halogens is 1. The molecule has 3 fully saturated rings. The van der Waals surface area contributed by atoms with Crippen molar-refractivity contribution in [1.29, 1.82) is 0 Å². The molecular weight excluding hydrogens is 587 g/mol. The zero-order valence-electron chi connectivity index (χ0n) is 25.9. The maximum Gasteiger partial charge on any atom is 0.321 e. The minimum Gasteiger partial charge on any atom is -0.411 e. The maximum absolute atomic E-state index is 15.3. The Morgan fingerprint density at radius 1 is 0.978 bits per heavy atom. The number of carbonyl (C=O) groups excluding carboxylic acids is 3. The summed E-state index contributed by atoms with van der Waals surface area (Å²) in [6, 6.07) is 17.5. The van der Waals surface area contributed by atoms with Crippen molar-refractivity contribution in [2.75, 3.05) is 29.9 Å². The summed E-state index contributed by atoms with van der Waals surface area (Å²) in [7, 11) is 0. The monoisotopic (exact) mass is 624 g/mol. The molecule has 11 heteroatoms. The summed E-state index contributed by atoms with van der Waals surface area (Å²) < 4.78 is 15.3. The number of para-hydroxylation sites is 1. The van der Waals surface area contributed by atoms with Crippen LogP contribution >= 0.6 is 0 Å². The Balaban J connectivity index is 1.36. The van der Waals surface area contributed by atoms with Crippen LogP contribution in [-0.2, 0) is 9.59 Å². The molecule has 3 aromatic rings. The van der Waals surface area contributed by atoms with Gasteiger partial charge in [-0.05, 0) is 81.2 Å². The number of rotatable bonds is 6. The molecule has 46 heavy (non-hydrogen) atoms. The van der Waals surface area contributed by atoms with Gasteiger partial charge in [0.15, 0.2) is 0 Å². The van der Waals surface area contributed by atoms with E-state index in [0.29, 0.717) is 58.7 Å². The molecule has 7 rings (SSSR count). The molecule has 1 atom stereocenters. The van der Waals surface area contributed by atoms with Crippen LogP contribution in [0.5, 0.6) is 0 Å². The fourth-order valence-corrected chi connectivity index (χ4v) is 6.74. The molecule has 238 valence electrons. The van der Waals surface area contributed by atoms with Gasteiger partial charge in [0.05, 0.1) is 17.1 Å². The maximum atomic E-state index is 15.3. The van der Waals surface area contributed by atoms with E-state index in [1.165, 1.54) is 11.0 Å². The number of aliphatic imine (C=N–C) groups is 1. The second kappa shape index (κ2) is 13.1. The zero-order valence-corrected chi connectivity index (χ0v) is 25.9. The Morgan fingerprint density at radius 2 is 1.65 bits per heavy atom. The molecule has 2 bridgehead atoms. The van der Waals surface area contributed by atoms with E-state index in [0.717, 1.165) is 25.7 Å². The molecule has 1 aliphatic carbocycles. The predicted molar refractivity (Wildman–Crippen MR) is 174 cm³/mol. The van der Waals surface area contributed by atoms with E-state index in [1.54, 1.807) is 61.5 Å². The first-order valence-corrected chi connectivity index (χ1v) is 15.6. The van der Waals surface area contributed by atoms with E-state index in [2.05, 4.69) is 20.8 Å². The van der Waals surface area contributed by atoms with E-state index in [-0.39, 0.29) is 23.7 Å². The fourth-order valence-electron chi connectivity index (χ4n) is 6.74. The Hall–Kier alpha value is -5.06. The van der Waals surface area contributed by atoms with Gasteiger partial charge < -0.3 is 20.7 Å². The Bertz CT molecular complexity index is 1720. The number of aryl methyl sites for hydroxylation is 1. The number of fused-ring (bicyclic) bond motifs is 5. The molecule has 1 saturated carbocycles. The highest BCUT2D eigenvalue weighted by molar-refractivity contribution is 6.21. The summed E-state index contributed by atoms with van der Waals surface area (Å²) in [5.74, 6) is -0.406. The molecule has 0 spiro atoms. The zero-order chi connectivity index (χ0) is 32.4. The minimum absolute atomic E-state index is 0.165. The SMILES string of the molecule is CC(=NO)c1cccc(NC(=O)N[C@@H]2N=C(c3ccccc3F)c3cccc(C)c3N(CC(=O)N3CC4CCC(CC4)C3)C2=O)c1. The van der Waals surface area contributed by atoms with Gasteiger partial charge in [-0.2, -0.15) is 0 Å². The van der Waals surface area contributed by atoms with Gasteiger partial charge in [0.2, 0.25) is 12.1 Å². The van der Waals surface area contributed by atoms with Gasteiger partial charge in [0.25, 0.3) is 5.91 Å². The van der Waals surface area contributed by atoms with E-state index >= 15 is 4.39 Å². The number of amides is 4. The second-order valence-electron chi connectivity index (χ2n) is 12.3. The Labute approximate surface area is 267 Å². The van der Waals surface area contributed by atoms with Gasteiger partial charge in [-0.1, -0.05) is 47.6 Å². The van der Waals surface area contributed by atoms with Crippen molar-refractivity contribution in [2.45, 2.75) is 45.7 Å². The number of hydrogen-bond donors (Lipinski definition) is 3. The fraction of sp³-hybridized carbons (Fsp3) is 0.343. The number of nitrogens with one attached hydrogen (secondary N) is 2. The Morgan fingerprint density at radius 3 is 2.35 bits per heavy atom. The van der Waals surface area contributed by atoms with Gasteiger partial charge in [-0.15, -0.1) is 0 Å². The van der Waals surface area contributed by atoms with Crippen molar-refractivity contribution < 1.29 is 24.0 Å². The highest BCUT2D eigenvalue weighted by Gasteiger charge is 2.38. The lowest BCUT2D eigenvalue weighted by Gasteiger charge is -2.30. The van der Waals surface area contributed by atoms with Gasteiger partial charge >= 0.3 is 6.03 Å². The predicted octanol–water partition coefficient (Wildman–Crippen LogP) is 5.31. The van der Waals surface area contributed by atoms with E-state index in [4.69, 9.17) is 5.21 Å². The number of nitrogens with zero attached hydrogens (tertiary/aromatic N) is 4. The third-order valence-electron chi connectivity index (χ3n) is 9.18. The largest absolute Gasteiger partial charge is 0.411 e. The molecule has 3 N–H and O–H groups in total. The summed E-state index contributed by atoms with van der Waals surface area (Å²) in [5.41, 5.74) is 3.33. The molecule has 0 radical (unpaired) electrons. The van der Waals surface area contributed by atoms with Gasteiger partial charge in [-0.25, -0.2) is 14.2 Å². The first kappa shape index (κ1) is 30.9. The molecule has 3 aromatic carbocycles. The number of hydrogen-bond acceptors (Lipinski definition) is 6. The molecule has 2 saturated heterocycles. The van der Waals surface area contributed by atoms with Gasteiger partial charge in [0.1, 0.15) is 12.4 Å². The van der Waals surface area contributed by atoms with Crippen LogP contribution in [0.15, 0.2) is 76.9 Å². The quantitative estimate of drug-likeness (QED) is 0.195. The lowest BCUT2D eigenvalue weighted by Crippen LogP contribution is -2.52. The van der Waals surface area contributed by atoms with E-state index in [9.17, 15) is 14.4 Å². The van der Waals surface area contributed by atoms with E-state index < -0.39 is 23.9 Å². The topological polar surface area (TPSA) is 127 Å². The lowest BCUT2D eigenvalue weighted by molar-refractivity contribution is -0.132. The number of carbonyl (C=O) groups is 3. The average Bonchev–Trinajstić information content (AvgIpc) is 3.44. The summed E-state index contributed by atoms with van der Waals surface area (Å²) in [4.78, 5) is 49.6. The van der Waals surface area contributed by atoms with Gasteiger partial charge in [0, 0.05) is 35.5 Å².